The predicted octanol–water partition coefficient (Wildman–Crippen LogP) is 10.1. The Balaban J connectivity index is 0.000000176. The molecule has 0 aliphatic carbocycles. The van der Waals surface area contributed by atoms with Gasteiger partial charge in [0.2, 0.25) is 0 Å². The second kappa shape index (κ2) is 21.7. The number of ketones is 3. The smallest absolute Gasteiger partial charge is 0.410 e. The fraction of sp³-hybridized carbons (Fsp3) is 0.364. The number of aryl methyl sites for hydroxylation is 3. The molecule has 2 aliphatic rings. The predicted molar refractivity (Wildman–Crippen MR) is 277 cm³/mol. The van der Waals surface area contributed by atoms with E-state index in [1.807, 2.05) is 78.0 Å². The summed E-state index contributed by atoms with van der Waals surface area (Å²) in [6.07, 6.45) is 5.37. The van der Waals surface area contributed by atoms with Crippen molar-refractivity contribution >= 4 is 78.9 Å². The van der Waals surface area contributed by atoms with E-state index in [1.165, 1.54) is 25.5 Å². The lowest BCUT2D eigenvalue weighted by atomic mass is 9.94. The van der Waals surface area contributed by atoms with Gasteiger partial charge in [-0.3, -0.25) is 28.8 Å². The number of nitrogens with zero attached hydrogens (tertiary/aromatic N) is 5. The molecule has 3 aromatic heterocycles. The Morgan fingerprint density at radius 1 is 0.565 bits per heavy atom. The molecule has 362 valence electrons. The number of hydrogen-bond acceptors (Lipinski definition) is 9. The number of hydrogen-bond donors (Lipinski definition) is 0. The topological polar surface area (TPSA) is 150 Å². The van der Waals surface area contributed by atoms with Crippen LogP contribution in [0, 0.1) is 0 Å². The fourth-order valence-corrected chi connectivity index (χ4v) is 8.95. The Bertz CT molecular complexity index is 3260. The molecule has 0 spiro atoms. The first kappa shape index (κ1) is 51.7. The van der Waals surface area contributed by atoms with Crippen LogP contribution in [0.4, 0.5) is 4.79 Å². The van der Waals surface area contributed by atoms with Crippen molar-refractivity contribution in [1.82, 2.24) is 23.5 Å². The maximum absolute atomic E-state index is 12.7. The Hall–Kier alpha value is -6.70. The molecule has 0 radical (unpaired) electrons. The lowest BCUT2D eigenvalue weighted by Gasteiger charge is -2.30. The number of pyridine rings is 3. The monoisotopic (exact) mass is 955 g/mol. The van der Waals surface area contributed by atoms with Gasteiger partial charge >= 0.3 is 6.09 Å². The maximum Gasteiger partial charge on any atom is 0.410 e. The average Bonchev–Trinajstić information content (AvgIpc) is 3.31. The molecule has 13 nitrogen and oxygen atoms in total. The number of halogens is 1. The number of amides is 1. The third kappa shape index (κ3) is 11.8. The van der Waals surface area contributed by atoms with Crippen molar-refractivity contribution in [3.63, 3.8) is 0 Å². The summed E-state index contributed by atoms with van der Waals surface area (Å²) in [6, 6.07) is 21.1. The standard InChI is InChI=1S/C23H28N2O4.C19H22N2O2.C13H12ClNO2/c1-6-25-20-8-7-17(15(2)26)13-19(20)18(14-21(25)27)16-9-11-24(12-10-16)22(28)29-23(3,4)5;1-4-21-18-6-5-15(13(2)22)11-17(18)16(12-19(21)23)14-7-9-20(3)10-8-14;1-3-15-12-5-4-9(8(2)16)6-10(12)11(14)7-13(15)17/h7-9,13-14H,6,10-12H2,1-5H3;5-7,11-12H,4,8-10H2,1-3H3;4-7H,3H2,1-2H3. The van der Waals surface area contributed by atoms with Crippen LogP contribution in [-0.2, 0) is 24.4 Å². The molecular weight excluding hydrogens is 894 g/mol. The first-order valence-electron chi connectivity index (χ1n) is 23.4. The highest BCUT2D eigenvalue weighted by Gasteiger charge is 2.25. The molecule has 0 N–H and O–H groups in total. The van der Waals surface area contributed by atoms with Gasteiger partial charge in [0.05, 0.1) is 21.6 Å². The molecule has 69 heavy (non-hydrogen) atoms. The molecule has 0 atom stereocenters. The summed E-state index contributed by atoms with van der Waals surface area (Å²) >= 11 is 6.04. The van der Waals surface area contributed by atoms with Crippen LogP contribution in [-0.4, -0.2) is 85.8 Å². The van der Waals surface area contributed by atoms with Crippen molar-refractivity contribution in [2.75, 3.05) is 33.2 Å². The van der Waals surface area contributed by atoms with E-state index in [9.17, 15) is 33.6 Å². The van der Waals surface area contributed by atoms with Crippen molar-refractivity contribution in [3.05, 3.63) is 149 Å². The zero-order chi connectivity index (χ0) is 50.5. The van der Waals surface area contributed by atoms with Crippen LogP contribution in [0.5, 0.6) is 0 Å². The van der Waals surface area contributed by atoms with Crippen LogP contribution in [0.25, 0.3) is 43.9 Å². The van der Waals surface area contributed by atoms with Gasteiger partial charge in [-0.2, -0.15) is 0 Å². The Morgan fingerprint density at radius 2 is 0.957 bits per heavy atom. The van der Waals surface area contributed by atoms with Gasteiger partial charge in [0.1, 0.15) is 5.60 Å². The summed E-state index contributed by atoms with van der Waals surface area (Å²) in [5.74, 6) is 0.0162. The van der Waals surface area contributed by atoms with Gasteiger partial charge in [-0.1, -0.05) is 23.8 Å². The quantitative estimate of drug-likeness (QED) is 0.136. The number of Topliss-reactive ketones (excluding diaryl/α,β-unsaturated/α-hetero) is 3. The first-order valence-corrected chi connectivity index (χ1v) is 23.8. The molecule has 0 fully saturated rings. The fourth-order valence-electron chi connectivity index (χ4n) is 8.70. The van der Waals surface area contributed by atoms with E-state index < -0.39 is 5.60 Å². The summed E-state index contributed by atoms with van der Waals surface area (Å²) in [5.41, 5.74) is 7.70. The molecule has 0 unspecified atom stereocenters. The van der Waals surface area contributed by atoms with E-state index in [2.05, 4.69) is 18.0 Å². The highest BCUT2D eigenvalue weighted by molar-refractivity contribution is 6.35. The molecule has 14 heteroatoms. The van der Waals surface area contributed by atoms with Crippen LogP contribution in [0.3, 0.4) is 0 Å². The molecule has 8 rings (SSSR count). The molecule has 2 aliphatic heterocycles. The third-order valence-corrected chi connectivity index (χ3v) is 12.7. The van der Waals surface area contributed by atoms with E-state index in [0.717, 1.165) is 68.9 Å². The largest absolute Gasteiger partial charge is 0.444 e. The SMILES string of the molecule is CCn1c(=O)cc(C2=CCN(C(=O)OC(C)(C)C)CC2)c2cc(C(C)=O)ccc21.CCn1c(=O)cc(C2=CCN(C)CC2)c2cc(C(C)=O)ccc21.CCn1c(=O)cc(Cl)c2cc(C(C)=O)ccc21. The normalized spacial score (nSPS) is 14.0. The lowest BCUT2D eigenvalue weighted by Crippen LogP contribution is -2.39. The van der Waals surface area contributed by atoms with Crippen LogP contribution in [0.1, 0.15) is 117 Å². The molecule has 0 saturated carbocycles. The van der Waals surface area contributed by atoms with E-state index in [0.29, 0.717) is 60.9 Å². The van der Waals surface area contributed by atoms with Gasteiger partial charge in [-0.25, -0.2) is 4.79 Å². The number of fused-ring (bicyclic) bond motifs is 3. The third-order valence-electron chi connectivity index (χ3n) is 12.4. The maximum atomic E-state index is 12.7. The Labute approximate surface area is 407 Å². The number of benzene rings is 3. The van der Waals surface area contributed by atoms with Crippen LogP contribution in [0.15, 0.2) is 99.3 Å². The van der Waals surface area contributed by atoms with Crippen molar-refractivity contribution in [2.45, 2.75) is 100 Å². The van der Waals surface area contributed by atoms with Crippen molar-refractivity contribution < 1.29 is 23.9 Å². The number of rotatable bonds is 8. The van der Waals surface area contributed by atoms with E-state index in [-0.39, 0.29) is 40.1 Å². The Morgan fingerprint density at radius 3 is 1.32 bits per heavy atom. The van der Waals surface area contributed by atoms with E-state index in [1.54, 1.807) is 61.9 Å². The van der Waals surface area contributed by atoms with Gasteiger partial charge in [0, 0.05) is 96.9 Å². The van der Waals surface area contributed by atoms with E-state index >= 15 is 0 Å². The average molecular weight is 957 g/mol. The number of likely N-dealkylation sites (N-methyl/N-ethyl adjacent to an activating group) is 1. The Kier molecular flexibility index (Phi) is 16.3. The molecule has 3 aromatic carbocycles. The number of carbonyl (C=O) groups is 4. The second-order valence-electron chi connectivity index (χ2n) is 18.4. The minimum atomic E-state index is -0.537. The number of ether oxygens (including phenoxy) is 1. The molecule has 0 bridgehead atoms. The molecule has 6 aromatic rings. The van der Waals surface area contributed by atoms with Crippen molar-refractivity contribution in [1.29, 1.82) is 0 Å². The number of carbonyl (C=O) groups excluding carboxylic acids is 4. The highest BCUT2D eigenvalue weighted by atomic mass is 35.5. The van der Waals surface area contributed by atoms with Gasteiger partial charge in [-0.05, 0) is 159 Å². The summed E-state index contributed by atoms with van der Waals surface area (Å²) in [4.78, 5) is 88.0. The lowest BCUT2D eigenvalue weighted by molar-refractivity contribution is 0.0270. The minimum absolute atomic E-state index is 0.0131. The van der Waals surface area contributed by atoms with Gasteiger partial charge < -0.3 is 28.2 Å². The molecular formula is C55H62ClN5O8. The van der Waals surface area contributed by atoms with Gasteiger partial charge in [0.15, 0.2) is 17.3 Å². The summed E-state index contributed by atoms with van der Waals surface area (Å²) < 4.78 is 10.5. The van der Waals surface area contributed by atoms with Crippen LogP contribution in [0.2, 0.25) is 5.02 Å². The summed E-state index contributed by atoms with van der Waals surface area (Å²) in [5, 5.41) is 3.00. The van der Waals surface area contributed by atoms with Crippen LogP contribution < -0.4 is 16.7 Å². The van der Waals surface area contributed by atoms with Crippen molar-refractivity contribution in [2.24, 2.45) is 0 Å². The van der Waals surface area contributed by atoms with Crippen molar-refractivity contribution in [3.8, 4) is 0 Å². The van der Waals surface area contributed by atoms with Gasteiger partial charge in [0.25, 0.3) is 16.7 Å². The van der Waals surface area contributed by atoms with Crippen LogP contribution >= 0.6 is 11.6 Å². The molecule has 5 heterocycles. The van der Waals surface area contributed by atoms with Gasteiger partial charge in [-0.15, -0.1) is 0 Å². The van der Waals surface area contributed by atoms with E-state index in [4.69, 9.17) is 16.3 Å². The molecule has 1 amide bonds. The minimum Gasteiger partial charge on any atom is -0.444 e. The molecule has 0 saturated heterocycles. The second-order valence-corrected chi connectivity index (χ2v) is 18.8. The summed E-state index contributed by atoms with van der Waals surface area (Å²) in [7, 11) is 2.09. The highest BCUT2D eigenvalue weighted by Crippen LogP contribution is 2.31. The summed E-state index contributed by atoms with van der Waals surface area (Å²) in [6.45, 7) is 20.5. The zero-order valence-electron chi connectivity index (χ0n) is 41.3. The first-order chi connectivity index (χ1) is 32.7. The number of aromatic nitrogens is 3. The zero-order valence-corrected chi connectivity index (χ0v) is 42.1.